The maximum absolute atomic E-state index is 12.1. The van der Waals surface area contributed by atoms with Crippen LogP contribution in [-0.4, -0.2) is 34.3 Å². The van der Waals surface area contributed by atoms with Gasteiger partial charge in [-0.15, -0.1) is 0 Å². The van der Waals surface area contributed by atoms with Crippen molar-refractivity contribution >= 4 is 23.6 Å². The summed E-state index contributed by atoms with van der Waals surface area (Å²) < 4.78 is 6.72. The quantitative estimate of drug-likeness (QED) is 0.633. The lowest BCUT2D eigenvalue weighted by molar-refractivity contribution is -0.123. The van der Waals surface area contributed by atoms with Gasteiger partial charge in [0.1, 0.15) is 0 Å². The van der Waals surface area contributed by atoms with Gasteiger partial charge in [0.15, 0.2) is 6.61 Å². The van der Waals surface area contributed by atoms with Crippen LogP contribution in [0.1, 0.15) is 27.2 Å². The summed E-state index contributed by atoms with van der Waals surface area (Å²) in [6.45, 7) is 5.14. The van der Waals surface area contributed by atoms with Crippen molar-refractivity contribution in [2.45, 2.75) is 20.8 Å². The molecular weight excluding hydrogens is 384 g/mol. The molecular formula is C22H22N4O4. The Morgan fingerprint density at radius 2 is 1.73 bits per heavy atom. The van der Waals surface area contributed by atoms with E-state index in [9.17, 15) is 14.4 Å². The zero-order chi connectivity index (χ0) is 21.7. The number of aromatic nitrogens is 2. The standard InChI is InChI=1S/C22H22N4O4/c1-14-5-4-6-19(16(14)3)24-22(29)25-20(27)13-30-21(28)17-7-9-18(10-8-17)26-15(2)11-12-23-26/h4-12H,13H2,1-3H3,(H2,24,25,27,29). The first-order chi connectivity index (χ1) is 14.3. The fourth-order valence-electron chi connectivity index (χ4n) is 2.80. The van der Waals surface area contributed by atoms with Crippen LogP contribution in [0, 0.1) is 20.8 Å². The zero-order valence-corrected chi connectivity index (χ0v) is 16.9. The third kappa shape index (κ3) is 4.91. The van der Waals surface area contributed by atoms with Crippen LogP contribution in [0.2, 0.25) is 0 Å². The van der Waals surface area contributed by atoms with Crippen LogP contribution in [0.3, 0.4) is 0 Å². The van der Waals surface area contributed by atoms with Crippen LogP contribution in [0.5, 0.6) is 0 Å². The topological polar surface area (TPSA) is 102 Å². The molecule has 3 amide bonds. The van der Waals surface area contributed by atoms with Crippen LogP contribution < -0.4 is 10.6 Å². The molecule has 0 atom stereocenters. The van der Waals surface area contributed by atoms with Crippen molar-refractivity contribution in [3.05, 3.63) is 77.1 Å². The predicted octanol–water partition coefficient (Wildman–Crippen LogP) is 3.30. The Morgan fingerprint density at radius 1 is 1.00 bits per heavy atom. The molecule has 0 bridgehead atoms. The van der Waals surface area contributed by atoms with Gasteiger partial charge >= 0.3 is 12.0 Å². The Kier molecular flexibility index (Phi) is 6.26. The lowest BCUT2D eigenvalue weighted by atomic mass is 10.1. The Bertz CT molecular complexity index is 1090. The van der Waals surface area contributed by atoms with E-state index in [4.69, 9.17) is 4.74 Å². The van der Waals surface area contributed by atoms with Crippen molar-refractivity contribution in [1.82, 2.24) is 15.1 Å². The van der Waals surface area contributed by atoms with Gasteiger partial charge < -0.3 is 10.1 Å². The minimum atomic E-state index is -0.727. The molecule has 1 aromatic heterocycles. The molecule has 0 saturated carbocycles. The number of esters is 1. The molecule has 0 aliphatic heterocycles. The number of carbonyl (C=O) groups excluding carboxylic acids is 3. The average Bonchev–Trinajstić information content (AvgIpc) is 3.15. The van der Waals surface area contributed by atoms with Crippen LogP contribution in [0.4, 0.5) is 10.5 Å². The van der Waals surface area contributed by atoms with Gasteiger partial charge in [-0.05, 0) is 68.3 Å². The predicted molar refractivity (Wildman–Crippen MR) is 112 cm³/mol. The third-order valence-electron chi connectivity index (χ3n) is 4.62. The number of aryl methyl sites for hydroxylation is 2. The summed E-state index contributed by atoms with van der Waals surface area (Å²) in [6.07, 6.45) is 1.69. The van der Waals surface area contributed by atoms with Gasteiger partial charge in [0, 0.05) is 17.6 Å². The highest BCUT2D eigenvalue weighted by molar-refractivity contribution is 6.02. The number of hydrogen-bond acceptors (Lipinski definition) is 5. The second-order valence-corrected chi connectivity index (χ2v) is 6.76. The third-order valence-corrected chi connectivity index (χ3v) is 4.62. The number of nitrogens with one attached hydrogen (secondary N) is 2. The number of urea groups is 1. The second-order valence-electron chi connectivity index (χ2n) is 6.76. The number of hydrogen-bond donors (Lipinski definition) is 2. The second kappa shape index (κ2) is 9.04. The molecule has 154 valence electrons. The molecule has 3 rings (SSSR count). The Hall–Kier alpha value is -3.94. The smallest absolute Gasteiger partial charge is 0.338 e. The molecule has 0 unspecified atom stereocenters. The highest BCUT2D eigenvalue weighted by Gasteiger charge is 2.14. The van der Waals surface area contributed by atoms with Crippen molar-refractivity contribution in [3.63, 3.8) is 0 Å². The SMILES string of the molecule is Cc1cccc(NC(=O)NC(=O)COC(=O)c2ccc(-n3nccc3C)cc2)c1C. The fourth-order valence-corrected chi connectivity index (χ4v) is 2.80. The normalized spacial score (nSPS) is 10.4. The summed E-state index contributed by atoms with van der Waals surface area (Å²) in [5.41, 5.74) is 4.57. The first-order valence-electron chi connectivity index (χ1n) is 9.30. The molecule has 1 heterocycles. The van der Waals surface area contributed by atoms with E-state index in [1.165, 1.54) is 0 Å². The molecule has 30 heavy (non-hydrogen) atoms. The van der Waals surface area contributed by atoms with E-state index in [-0.39, 0.29) is 5.56 Å². The molecule has 3 aromatic rings. The summed E-state index contributed by atoms with van der Waals surface area (Å²) in [5.74, 6) is -1.39. The first-order valence-corrected chi connectivity index (χ1v) is 9.30. The monoisotopic (exact) mass is 406 g/mol. The molecule has 8 nitrogen and oxygen atoms in total. The number of anilines is 1. The van der Waals surface area contributed by atoms with Gasteiger partial charge in [-0.3, -0.25) is 10.1 Å². The molecule has 0 radical (unpaired) electrons. The highest BCUT2D eigenvalue weighted by Crippen LogP contribution is 2.17. The number of rotatable bonds is 5. The summed E-state index contributed by atoms with van der Waals surface area (Å²) in [6, 6.07) is 13.3. The molecule has 0 aliphatic rings. The lowest BCUT2D eigenvalue weighted by Gasteiger charge is -2.11. The van der Waals surface area contributed by atoms with E-state index in [1.54, 1.807) is 47.3 Å². The Labute approximate surface area is 173 Å². The van der Waals surface area contributed by atoms with E-state index in [0.29, 0.717) is 5.69 Å². The van der Waals surface area contributed by atoms with Crippen molar-refractivity contribution in [1.29, 1.82) is 0 Å². The Morgan fingerprint density at radius 3 is 2.40 bits per heavy atom. The number of benzene rings is 2. The van der Waals surface area contributed by atoms with Crippen LogP contribution in [0.25, 0.3) is 5.69 Å². The zero-order valence-electron chi connectivity index (χ0n) is 16.9. The minimum absolute atomic E-state index is 0.288. The summed E-state index contributed by atoms with van der Waals surface area (Å²) in [7, 11) is 0. The first kappa shape index (κ1) is 20.8. The summed E-state index contributed by atoms with van der Waals surface area (Å²) in [5, 5.41) is 8.94. The van der Waals surface area contributed by atoms with Gasteiger partial charge in [-0.2, -0.15) is 5.10 Å². The van der Waals surface area contributed by atoms with Crippen molar-refractivity contribution in [2.24, 2.45) is 0 Å². The largest absolute Gasteiger partial charge is 0.452 e. The molecule has 2 N–H and O–H groups in total. The number of nitrogens with zero attached hydrogens (tertiary/aromatic N) is 2. The van der Waals surface area contributed by atoms with Crippen molar-refractivity contribution < 1.29 is 19.1 Å². The average molecular weight is 406 g/mol. The van der Waals surface area contributed by atoms with Gasteiger partial charge in [-0.25, -0.2) is 14.3 Å². The summed E-state index contributed by atoms with van der Waals surface area (Å²) in [4.78, 5) is 36.1. The van der Waals surface area contributed by atoms with Crippen LogP contribution >= 0.6 is 0 Å². The number of ether oxygens (including phenoxy) is 1. The maximum atomic E-state index is 12.1. The van der Waals surface area contributed by atoms with Crippen molar-refractivity contribution in [3.8, 4) is 5.69 Å². The van der Waals surface area contributed by atoms with Crippen LogP contribution in [0.15, 0.2) is 54.7 Å². The van der Waals surface area contributed by atoms with E-state index in [2.05, 4.69) is 15.7 Å². The van der Waals surface area contributed by atoms with E-state index >= 15 is 0 Å². The lowest BCUT2D eigenvalue weighted by Crippen LogP contribution is -2.37. The van der Waals surface area contributed by atoms with Gasteiger partial charge in [0.25, 0.3) is 5.91 Å². The van der Waals surface area contributed by atoms with Crippen LogP contribution in [-0.2, 0) is 9.53 Å². The van der Waals surface area contributed by atoms with E-state index in [1.807, 2.05) is 32.9 Å². The fraction of sp³-hybridized carbons (Fsp3) is 0.182. The van der Waals surface area contributed by atoms with Gasteiger partial charge in [-0.1, -0.05) is 12.1 Å². The molecule has 2 aromatic carbocycles. The number of amides is 3. The number of carbonyl (C=O) groups is 3. The van der Waals surface area contributed by atoms with Gasteiger partial charge in [0.2, 0.25) is 0 Å². The number of imide groups is 1. The van der Waals surface area contributed by atoms with Crippen molar-refractivity contribution in [2.75, 3.05) is 11.9 Å². The molecule has 0 spiro atoms. The van der Waals surface area contributed by atoms with Gasteiger partial charge in [0.05, 0.1) is 11.3 Å². The molecule has 0 aliphatic carbocycles. The minimum Gasteiger partial charge on any atom is -0.452 e. The maximum Gasteiger partial charge on any atom is 0.338 e. The Balaban J connectivity index is 1.50. The highest BCUT2D eigenvalue weighted by atomic mass is 16.5. The van der Waals surface area contributed by atoms with E-state index < -0.39 is 24.5 Å². The molecule has 0 fully saturated rings. The molecule has 8 heteroatoms. The molecule has 0 saturated heterocycles. The van der Waals surface area contributed by atoms with E-state index in [0.717, 1.165) is 22.5 Å². The summed E-state index contributed by atoms with van der Waals surface area (Å²) >= 11 is 0.